The zero-order valence-electron chi connectivity index (χ0n) is 15.8. The van der Waals surface area contributed by atoms with E-state index < -0.39 is 16.1 Å². The van der Waals surface area contributed by atoms with E-state index in [2.05, 4.69) is 15.3 Å². The maximum atomic E-state index is 13.3. The molecule has 10 nitrogen and oxygen atoms in total. The maximum absolute atomic E-state index is 13.3. The number of amides is 1. The Morgan fingerprint density at radius 1 is 1.33 bits per heavy atom. The predicted molar refractivity (Wildman–Crippen MR) is 105 cm³/mol. The van der Waals surface area contributed by atoms with Crippen molar-refractivity contribution in [3.05, 3.63) is 60.2 Å². The Hall–Kier alpha value is -3.91. The summed E-state index contributed by atoms with van der Waals surface area (Å²) in [5.41, 5.74) is 1.20. The molecule has 3 aromatic rings. The Morgan fingerprint density at radius 3 is 2.77 bits per heavy atom. The topological polar surface area (TPSA) is 147 Å². The highest BCUT2D eigenvalue weighted by Crippen LogP contribution is 2.29. The van der Waals surface area contributed by atoms with Gasteiger partial charge in [-0.15, -0.1) is 0 Å². The lowest BCUT2D eigenvalue weighted by atomic mass is 10.1. The average Bonchev–Trinajstić information content (AvgIpc) is 3.18. The Balaban J connectivity index is 2.12. The lowest BCUT2D eigenvalue weighted by molar-refractivity contribution is 0.194. The fraction of sp³-hybridized carbons (Fsp3) is 0.158. The summed E-state index contributed by atoms with van der Waals surface area (Å²) >= 11 is 0. The van der Waals surface area contributed by atoms with Crippen LogP contribution in [0.4, 0.5) is 4.79 Å². The van der Waals surface area contributed by atoms with E-state index >= 15 is 0 Å². The number of hydrogen-bond acceptors (Lipinski definition) is 7. The highest BCUT2D eigenvalue weighted by Gasteiger charge is 2.24. The number of pyridine rings is 2. The number of methoxy groups -OCH3 is 1. The van der Waals surface area contributed by atoms with Crippen molar-refractivity contribution in [2.75, 3.05) is 13.7 Å². The van der Waals surface area contributed by atoms with Gasteiger partial charge in [0.25, 0.3) is 10.0 Å². The summed E-state index contributed by atoms with van der Waals surface area (Å²) in [4.78, 5) is 18.6. The molecule has 1 amide bonds. The van der Waals surface area contributed by atoms with E-state index in [1.165, 1.54) is 37.8 Å². The van der Waals surface area contributed by atoms with Crippen molar-refractivity contribution in [1.29, 1.82) is 5.26 Å². The van der Waals surface area contributed by atoms with Crippen LogP contribution >= 0.6 is 0 Å². The summed E-state index contributed by atoms with van der Waals surface area (Å²) in [5, 5.41) is 20.4. The van der Waals surface area contributed by atoms with E-state index in [9.17, 15) is 18.5 Å². The molecule has 3 aromatic heterocycles. The molecule has 30 heavy (non-hydrogen) atoms. The first-order chi connectivity index (χ1) is 14.4. The van der Waals surface area contributed by atoms with Crippen molar-refractivity contribution in [2.45, 2.75) is 11.3 Å². The number of carboxylic acid groups (broad SMARTS) is 1. The smallest absolute Gasteiger partial charge is 0.404 e. The molecule has 3 heterocycles. The van der Waals surface area contributed by atoms with Gasteiger partial charge < -0.3 is 15.2 Å². The van der Waals surface area contributed by atoms with Crippen LogP contribution in [0.5, 0.6) is 5.88 Å². The van der Waals surface area contributed by atoms with Crippen LogP contribution in [0.3, 0.4) is 0 Å². The molecule has 0 unspecified atom stereocenters. The monoisotopic (exact) mass is 427 g/mol. The Bertz CT molecular complexity index is 1210. The van der Waals surface area contributed by atoms with Crippen LogP contribution < -0.4 is 10.1 Å². The normalized spacial score (nSPS) is 10.9. The fourth-order valence-electron chi connectivity index (χ4n) is 2.80. The molecule has 0 aromatic carbocycles. The van der Waals surface area contributed by atoms with Gasteiger partial charge >= 0.3 is 6.09 Å². The number of nitrogens with one attached hydrogen (secondary N) is 1. The minimum atomic E-state index is -4.06. The van der Waals surface area contributed by atoms with Crippen LogP contribution in [-0.2, 0) is 16.4 Å². The molecule has 11 heteroatoms. The van der Waals surface area contributed by atoms with Crippen LogP contribution in [0.2, 0.25) is 0 Å². The standard InChI is InChI=1S/C19H17N5O5S/c1-29-18-5-4-14(11-23-18)30(27,28)24-12-13(6-8-22-19(25)26)9-17(24)15-3-2-7-21-16(15)10-20/h2-5,7,9,11-12,22H,6,8H2,1H3,(H,25,26). The van der Waals surface area contributed by atoms with Gasteiger partial charge in [0.1, 0.15) is 16.7 Å². The summed E-state index contributed by atoms with van der Waals surface area (Å²) in [5.74, 6) is 0.265. The highest BCUT2D eigenvalue weighted by molar-refractivity contribution is 7.90. The molecule has 0 spiro atoms. The number of aromatic nitrogens is 3. The van der Waals surface area contributed by atoms with Crippen LogP contribution in [0.25, 0.3) is 11.3 Å². The van der Waals surface area contributed by atoms with Crippen LogP contribution in [0, 0.1) is 11.3 Å². The Morgan fingerprint density at radius 2 is 2.13 bits per heavy atom. The van der Waals surface area contributed by atoms with Crippen LogP contribution in [0.15, 0.2) is 53.8 Å². The van der Waals surface area contributed by atoms with Crippen LogP contribution in [0.1, 0.15) is 11.3 Å². The maximum Gasteiger partial charge on any atom is 0.404 e. The third-order valence-electron chi connectivity index (χ3n) is 4.20. The van der Waals surface area contributed by atoms with Gasteiger partial charge in [0, 0.05) is 30.6 Å². The van der Waals surface area contributed by atoms with Gasteiger partial charge in [0.15, 0.2) is 0 Å². The number of hydrogen-bond donors (Lipinski definition) is 2. The van der Waals surface area contributed by atoms with E-state index in [0.29, 0.717) is 11.1 Å². The predicted octanol–water partition coefficient (Wildman–Crippen LogP) is 1.87. The number of nitrogens with zero attached hydrogens (tertiary/aromatic N) is 4. The number of nitriles is 1. The molecule has 0 radical (unpaired) electrons. The van der Waals surface area contributed by atoms with E-state index in [1.807, 2.05) is 6.07 Å². The van der Waals surface area contributed by atoms with Gasteiger partial charge in [-0.25, -0.2) is 27.2 Å². The Labute approximate surface area is 172 Å². The summed E-state index contributed by atoms with van der Waals surface area (Å²) < 4.78 is 32.6. The van der Waals surface area contributed by atoms with E-state index in [-0.39, 0.29) is 35.1 Å². The van der Waals surface area contributed by atoms with Crippen molar-refractivity contribution < 1.29 is 23.1 Å². The minimum absolute atomic E-state index is 0.0649. The molecule has 2 N–H and O–H groups in total. The van der Waals surface area contributed by atoms with Gasteiger partial charge in [0.05, 0.1) is 19.0 Å². The summed E-state index contributed by atoms with van der Waals surface area (Å²) in [7, 11) is -2.64. The highest BCUT2D eigenvalue weighted by atomic mass is 32.2. The molecule has 0 aliphatic rings. The molecule has 0 fully saturated rings. The quantitative estimate of drug-likeness (QED) is 0.581. The number of rotatable bonds is 7. The van der Waals surface area contributed by atoms with Gasteiger partial charge in [-0.1, -0.05) is 0 Å². The second-order valence-corrected chi connectivity index (χ2v) is 7.88. The molecule has 0 saturated heterocycles. The van der Waals surface area contributed by atoms with Crippen molar-refractivity contribution in [3.63, 3.8) is 0 Å². The second kappa shape index (κ2) is 8.62. The van der Waals surface area contributed by atoms with E-state index in [0.717, 1.165) is 3.97 Å². The first-order valence-electron chi connectivity index (χ1n) is 8.66. The molecule has 0 aliphatic heterocycles. The molecule has 154 valence electrons. The first kappa shape index (κ1) is 20.8. The van der Waals surface area contributed by atoms with E-state index in [1.54, 1.807) is 18.2 Å². The van der Waals surface area contributed by atoms with E-state index in [4.69, 9.17) is 9.84 Å². The zero-order valence-corrected chi connectivity index (χ0v) is 16.6. The summed E-state index contributed by atoms with van der Waals surface area (Å²) in [6.07, 6.45) is 3.09. The van der Waals surface area contributed by atoms with Crippen molar-refractivity contribution in [1.82, 2.24) is 19.3 Å². The summed E-state index contributed by atoms with van der Waals surface area (Å²) in [6, 6.07) is 9.54. The molecule has 0 aliphatic carbocycles. The lowest BCUT2D eigenvalue weighted by Crippen LogP contribution is -2.23. The number of carbonyl (C=O) groups is 1. The van der Waals surface area contributed by atoms with Crippen LogP contribution in [-0.4, -0.2) is 47.2 Å². The third kappa shape index (κ3) is 4.23. The second-order valence-electron chi connectivity index (χ2n) is 6.06. The van der Waals surface area contributed by atoms with Gasteiger partial charge in [-0.2, -0.15) is 5.26 Å². The van der Waals surface area contributed by atoms with Crippen molar-refractivity contribution >= 4 is 16.1 Å². The molecule has 0 atom stereocenters. The average molecular weight is 427 g/mol. The molecular weight excluding hydrogens is 410 g/mol. The fourth-order valence-corrected chi connectivity index (χ4v) is 4.13. The largest absolute Gasteiger partial charge is 0.481 e. The SMILES string of the molecule is COc1ccc(S(=O)(=O)n2cc(CCNC(=O)O)cc2-c2cccnc2C#N)cn1. The van der Waals surface area contributed by atoms with Gasteiger partial charge in [-0.05, 0) is 36.2 Å². The van der Waals surface area contributed by atoms with Crippen molar-refractivity contribution in [3.8, 4) is 23.2 Å². The van der Waals surface area contributed by atoms with Gasteiger partial charge in [0.2, 0.25) is 5.88 Å². The molecule has 3 rings (SSSR count). The summed E-state index contributed by atoms with van der Waals surface area (Å²) in [6.45, 7) is 0.0983. The third-order valence-corrected chi connectivity index (χ3v) is 5.85. The Kier molecular flexibility index (Phi) is 5.98. The zero-order chi connectivity index (χ0) is 21.7. The van der Waals surface area contributed by atoms with Crippen molar-refractivity contribution in [2.24, 2.45) is 0 Å². The number of ether oxygens (including phenoxy) is 1. The minimum Gasteiger partial charge on any atom is -0.481 e. The van der Waals surface area contributed by atoms with Gasteiger partial charge in [-0.3, -0.25) is 0 Å². The molecular formula is C19H17N5O5S. The molecule has 0 saturated carbocycles. The molecule has 0 bridgehead atoms. The first-order valence-corrected chi connectivity index (χ1v) is 10.1. The lowest BCUT2D eigenvalue weighted by Gasteiger charge is -2.11.